The number of halogens is 1. The fourth-order valence-corrected chi connectivity index (χ4v) is 1.35. The lowest BCUT2D eigenvalue weighted by molar-refractivity contribution is -0.141. The summed E-state index contributed by atoms with van der Waals surface area (Å²) < 4.78 is 18.1. The van der Waals surface area contributed by atoms with Crippen LogP contribution in [0.15, 0.2) is 18.2 Å². The van der Waals surface area contributed by atoms with Gasteiger partial charge in [-0.05, 0) is 24.1 Å². The highest BCUT2D eigenvalue weighted by atomic mass is 19.1. The standard InChI is InChI=1S/C12H13FO4/c1-7(12(15)16)5-9-3-4-11(10(13)6-9)17-8(2)14/h3-4,6-7H,5H2,1-2H3,(H,15,16). The molecular formula is C12H13FO4. The summed E-state index contributed by atoms with van der Waals surface area (Å²) in [6, 6.07) is 4.04. The molecular weight excluding hydrogens is 227 g/mol. The van der Waals surface area contributed by atoms with Gasteiger partial charge in [0.1, 0.15) is 0 Å². The molecule has 17 heavy (non-hydrogen) atoms. The summed E-state index contributed by atoms with van der Waals surface area (Å²) in [6.07, 6.45) is 0.229. The molecule has 1 aromatic rings. The predicted octanol–water partition coefficient (Wildman–Crippen LogP) is 2.01. The van der Waals surface area contributed by atoms with E-state index < -0.39 is 23.7 Å². The summed E-state index contributed by atoms with van der Waals surface area (Å²) in [5.41, 5.74) is 0.549. The molecule has 1 rings (SSSR count). The van der Waals surface area contributed by atoms with Gasteiger partial charge in [-0.3, -0.25) is 9.59 Å². The second kappa shape index (κ2) is 5.43. The van der Waals surface area contributed by atoms with Crippen molar-refractivity contribution in [3.8, 4) is 5.75 Å². The lowest BCUT2D eigenvalue weighted by Gasteiger charge is -2.08. The molecule has 0 aliphatic carbocycles. The first-order chi connectivity index (χ1) is 7.90. The highest BCUT2D eigenvalue weighted by Crippen LogP contribution is 2.20. The van der Waals surface area contributed by atoms with Crippen molar-refractivity contribution in [3.63, 3.8) is 0 Å². The topological polar surface area (TPSA) is 63.6 Å². The number of hydrogen-bond acceptors (Lipinski definition) is 3. The summed E-state index contributed by atoms with van der Waals surface area (Å²) in [7, 11) is 0. The highest BCUT2D eigenvalue weighted by Gasteiger charge is 2.13. The normalized spacial score (nSPS) is 11.9. The molecule has 0 saturated carbocycles. The molecule has 4 nitrogen and oxygen atoms in total. The molecule has 0 radical (unpaired) electrons. The van der Waals surface area contributed by atoms with Gasteiger partial charge >= 0.3 is 11.9 Å². The van der Waals surface area contributed by atoms with Crippen LogP contribution in [0.3, 0.4) is 0 Å². The van der Waals surface area contributed by atoms with Crippen LogP contribution in [-0.4, -0.2) is 17.0 Å². The van der Waals surface area contributed by atoms with Gasteiger partial charge in [0.25, 0.3) is 0 Å². The van der Waals surface area contributed by atoms with Gasteiger partial charge in [-0.2, -0.15) is 0 Å². The van der Waals surface area contributed by atoms with Crippen LogP contribution in [0.5, 0.6) is 5.75 Å². The van der Waals surface area contributed by atoms with E-state index in [1.54, 1.807) is 13.0 Å². The van der Waals surface area contributed by atoms with Gasteiger partial charge < -0.3 is 9.84 Å². The Morgan fingerprint density at radius 1 is 1.47 bits per heavy atom. The Labute approximate surface area is 98.0 Å². The van der Waals surface area contributed by atoms with Gasteiger partial charge in [0.2, 0.25) is 0 Å². The first-order valence-corrected chi connectivity index (χ1v) is 5.09. The van der Waals surface area contributed by atoms with Gasteiger partial charge in [0.05, 0.1) is 5.92 Å². The summed E-state index contributed by atoms with van der Waals surface area (Å²) >= 11 is 0. The summed E-state index contributed by atoms with van der Waals surface area (Å²) in [6.45, 7) is 2.72. The summed E-state index contributed by atoms with van der Waals surface area (Å²) in [5.74, 6) is -2.95. The molecule has 0 heterocycles. The molecule has 0 spiro atoms. The molecule has 1 unspecified atom stereocenters. The average molecular weight is 240 g/mol. The Morgan fingerprint density at radius 2 is 2.12 bits per heavy atom. The Morgan fingerprint density at radius 3 is 2.59 bits per heavy atom. The Balaban J connectivity index is 2.81. The maximum absolute atomic E-state index is 13.4. The van der Waals surface area contributed by atoms with Crippen LogP contribution in [0.25, 0.3) is 0 Å². The van der Waals surface area contributed by atoms with E-state index in [4.69, 9.17) is 5.11 Å². The molecule has 0 aromatic heterocycles. The van der Waals surface area contributed by atoms with Crippen molar-refractivity contribution in [2.45, 2.75) is 20.3 Å². The molecule has 1 aromatic carbocycles. The molecule has 0 saturated heterocycles. The molecule has 0 fully saturated rings. The van der Waals surface area contributed by atoms with E-state index in [2.05, 4.69) is 4.74 Å². The van der Waals surface area contributed by atoms with Crippen LogP contribution < -0.4 is 4.74 Å². The number of carbonyl (C=O) groups excluding carboxylic acids is 1. The van der Waals surface area contributed by atoms with E-state index in [1.165, 1.54) is 19.1 Å². The number of carboxylic acids is 1. The monoisotopic (exact) mass is 240 g/mol. The number of ether oxygens (including phenoxy) is 1. The first kappa shape index (κ1) is 13.2. The van der Waals surface area contributed by atoms with Crippen molar-refractivity contribution >= 4 is 11.9 Å². The maximum Gasteiger partial charge on any atom is 0.308 e. The highest BCUT2D eigenvalue weighted by molar-refractivity contribution is 5.70. The van der Waals surface area contributed by atoms with Crippen LogP contribution in [0.1, 0.15) is 19.4 Å². The Hall–Kier alpha value is -1.91. The second-order valence-corrected chi connectivity index (χ2v) is 3.80. The van der Waals surface area contributed by atoms with Crippen molar-refractivity contribution in [2.75, 3.05) is 0 Å². The first-order valence-electron chi connectivity index (χ1n) is 5.09. The summed E-state index contributed by atoms with van der Waals surface area (Å²) in [4.78, 5) is 21.3. The van der Waals surface area contributed by atoms with Crippen LogP contribution in [0.4, 0.5) is 4.39 Å². The largest absolute Gasteiger partial charge is 0.481 e. The number of esters is 1. The molecule has 5 heteroatoms. The number of rotatable bonds is 4. The van der Waals surface area contributed by atoms with Crippen LogP contribution in [0.2, 0.25) is 0 Å². The van der Waals surface area contributed by atoms with Gasteiger partial charge in [0, 0.05) is 6.92 Å². The van der Waals surface area contributed by atoms with E-state index in [-0.39, 0.29) is 12.2 Å². The molecule has 0 amide bonds. The van der Waals surface area contributed by atoms with Gasteiger partial charge in [-0.15, -0.1) is 0 Å². The predicted molar refractivity (Wildman–Crippen MR) is 58.2 cm³/mol. The van der Waals surface area contributed by atoms with Gasteiger partial charge in [0.15, 0.2) is 11.6 Å². The van der Waals surface area contributed by atoms with E-state index >= 15 is 0 Å². The van der Waals surface area contributed by atoms with E-state index in [1.807, 2.05) is 0 Å². The minimum absolute atomic E-state index is 0.149. The number of carboxylic acid groups (broad SMARTS) is 1. The van der Waals surface area contributed by atoms with Crippen LogP contribution in [-0.2, 0) is 16.0 Å². The minimum atomic E-state index is -0.936. The van der Waals surface area contributed by atoms with Gasteiger partial charge in [-0.1, -0.05) is 13.0 Å². The average Bonchev–Trinajstić information content (AvgIpc) is 2.21. The fourth-order valence-electron chi connectivity index (χ4n) is 1.35. The van der Waals surface area contributed by atoms with Crippen molar-refractivity contribution in [2.24, 2.45) is 5.92 Å². The molecule has 0 aliphatic rings. The minimum Gasteiger partial charge on any atom is -0.481 e. The third kappa shape index (κ3) is 3.86. The third-order valence-electron chi connectivity index (χ3n) is 2.21. The fraction of sp³-hybridized carbons (Fsp3) is 0.333. The quantitative estimate of drug-likeness (QED) is 0.646. The zero-order valence-electron chi connectivity index (χ0n) is 9.57. The zero-order valence-corrected chi connectivity index (χ0v) is 9.57. The molecule has 0 bridgehead atoms. The number of carbonyl (C=O) groups is 2. The van der Waals surface area contributed by atoms with Crippen molar-refractivity contribution < 1.29 is 23.8 Å². The van der Waals surface area contributed by atoms with Crippen molar-refractivity contribution in [1.29, 1.82) is 0 Å². The molecule has 92 valence electrons. The lowest BCUT2D eigenvalue weighted by Crippen LogP contribution is -2.12. The lowest BCUT2D eigenvalue weighted by atomic mass is 10.0. The molecule has 1 N–H and O–H groups in total. The van der Waals surface area contributed by atoms with Gasteiger partial charge in [-0.25, -0.2) is 4.39 Å². The van der Waals surface area contributed by atoms with E-state index in [9.17, 15) is 14.0 Å². The Kier molecular flexibility index (Phi) is 4.20. The van der Waals surface area contributed by atoms with Crippen molar-refractivity contribution in [3.05, 3.63) is 29.6 Å². The van der Waals surface area contributed by atoms with Crippen LogP contribution in [0, 0.1) is 11.7 Å². The number of benzene rings is 1. The van der Waals surface area contributed by atoms with E-state index in [0.717, 1.165) is 0 Å². The third-order valence-corrected chi connectivity index (χ3v) is 2.21. The summed E-state index contributed by atoms with van der Waals surface area (Å²) in [5, 5.41) is 8.72. The Bertz CT molecular complexity index is 442. The van der Waals surface area contributed by atoms with Crippen LogP contribution >= 0.6 is 0 Å². The van der Waals surface area contributed by atoms with Crippen molar-refractivity contribution in [1.82, 2.24) is 0 Å². The smallest absolute Gasteiger partial charge is 0.308 e. The molecule has 0 aliphatic heterocycles. The zero-order chi connectivity index (χ0) is 13.0. The molecule has 1 atom stereocenters. The second-order valence-electron chi connectivity index (χ2n) is 3.80. The maximum atomic E-state index is 13.4. The SMILES string of the molecule is CC(=O)Oc1ccc(CC(C)C(=O)O)cc1F. The number of aliphatic carboxylic acids is 1. The number of hydrogen-bond donors (Lipinski definition) is 1. The van der Waals surface area contributed by atoms with E-state index in [0.29, 0.717) is 5.56 Å².